The standard InChI is InChI=1S/C15H24N2O2/c1-17-15(18)10-7-13-5-8-14(9-6-13)19-12-4-2-3-11-16/h5-6,8-9H,2-4,7,10-12,16H2,1H3,(H,17,18). The molecule has 1 amide bonds. The highest BCUT2D eigenvalue weighted by Crippen LogP contribution is 2.14. The third kappa shape index (κ3) is 6.82. The molecule has 0 aliphatic rings. The predicted octanol–water partition coefficient (Wildman–Crippen LogP) is 1.87. The Kier molecular flexibility index (Phi) is 7.66. The van der Waals surface area contributed by atoms with E-state index in [9.17, 15) is 4.79 Å². The van der Waals surface area contributed by atoms with Crippen molar-refractivity contribution in [3.8, 4) is 5.75 Å². The number of nitrogens with one attached hydrogen (secondary N) is 1. The van der Waals surface area contributed by atoms with E-state index < -0.39 is 0 Å². The number of aryl methyl sites for hydroxylation is 1. The molecule has 0 heterocycles. The lowest BCUT2D eigenvalue weighted by molar-refractivity contribution is -0.120. The predicted molar refractivity (Wildman–Crippen MR) is 77.2 cm³/mol. The van der Waals surface area contributed by atoms with E-state index in [1.807, 2.05) is 24.3 Å². The summed E-state index contributed by atoms with van der Waals surface area (Å²) in [4.78, 5) is 11.1. The van der Waals surface area contributed by atoms with Gasteiger partial charge in [0.25, 0.3) is 0 Å². The second-order valence-electron chi connectivity index (χ2n) is 4.51. The Morgan fingerprint density at radius 2 is 1.95 bits per heavy atom. The highest BCUT2D eigenvalue weighted by atomic mass is 16.5. The normalized spacial score (nSPS) is 10.2. The van der Waals surface area contributed by atoms with Crippen LogP contribution in [-0.2, 0) is 11.2 Å². The van der Waals surface area contributed by atoms with Gasteiger partial charge >= 0.3 is 0 Å². The Morgan fingerprint density at radius 3 is 2.58 bits per heavy atom. The van der Waals surface area contributed by atoms with E-state index in [1.54, 1.807) is 7.05 Å². The van der Waals surface area contributed by atoms with Crippen LogP contribution in [0.25, 0.3) is 0 Å². The fourth-order valence-electron chi connectivity index (χ4n) is 1.75. The van der Waals surface area contributed by atoms with Crippen molar-refractivity contribution in [2.24, 2.45) is 5.73 Å². The number of nitrogens with two attached hydrogens (primary N) is 1. The number of ether oxygens (including phenoxy) is 1. The second-order valence-corrected chi connectivity index (χ2v) is 4.51. The number of benzene rings is 1. The molecule has 0 radical (unpaired) electrons. The molecule has 1 rings (SSSR count). The number of unbranched alkanes of at least 4 members (excludes halogenated alkanes) is 2. The van der Waals surface area contributed by atoms with Crippen molar-refractivity contribution in [1.29, 1.82) is 0 Å². The highest BCUT2D eigenvalue weighted by molar-refractivity contribution is 5.75. The van der Waals surface area contributed by atoms with Gasteiger partial charge < -0.3 is 15.8 Å². The molecule has 3 N–H and O–H groups in total. The SMILES string of the molecule is CNC(=O)CCc1ccc(OCCCCCN)cc1. The topological polar surface area (TPSA) is 64.3 Å². The number of rotatable bonds is 9. The summed E-state index contributed by atoms with van der Waals surface area (Å²) in [5.74, 6) is 0.955. The first-order chi connectivity index (χ1) is 9.26. The quantitative estimate of drug-likeness (QED) is 0.669. The van der Waals surface area contributed by atoms with Crippen LogP contribution in [0.2, 0.25) is 0 Å². The zero-order chi connectivity index (χ0) is 13.9. The van der Waals surface area contributed by atoms with Gasteiger partial charge in [-0.1, -0.05) is 12.1 Å². The van der Waals surface area contributed by atoms with Crippen LogP contribution in [0.15, 0.2) is 24.3 Å². The first-order valence-corrected chi connectivity index (χ1v) is 6.88. The lowest BCUT2D eigenvalue weighted by Gasteiger charge is -2.07. The molecule has 106 valence electrons. The molecule has 0 fully saturated rings. The van der Waals surface area contributed by atoms with Gasteiger partial charge in [0.15, 0.2) is 0 Å². The zero-order valence-corrected chi connectivity index (χ0v) is 11.7. The maximum absolute atomic E-state index is 11.1. The van der Waals surface area contributed by atoms with Crippen molar-refractivity contribution in [3.05, 3.63) is 29.8 Å². The fourth-order valence-corrected chi connectivity index (χ4v) is 1.75. The van der Waals surface area contributed by atoms with Crippen molar-refractivity contribution >= 4 is 5.91 Å². The smallest absolute Gasteiger partial charge is 0.220 e. The van der Waals surface area contributed by atoms with Crippen LogP contribution in [-0.4, -0.2) is 26.1 Å². The number of carbonyl (C=O) groups excluding carboxylic acids is 1. The maximum Gasteiger partial charge on any atom is 0.220 e. The average molecular weight is 264 g/mol. The van der Waals surface area contributed by atoms with Crippen molar-refractivity contribution < 1.29 is 9.53 Å². The number of hydrogen-bond donors (Lipinski definition) is 2. The molecule has 19 heavy (non-hydrogen) atoms. The van der Waals surface area contributed by atoms with Crippen LogP contribution in [0.4, 0.5) is 0 Å². The fraction of sp³-hybridized carbons (Fsp3) is 0.533. The summed E-state index contributed by atoms with van der Waals surface area (Å²) in [7, 11) is 1.66. The summed E-state index contributed by atoms with van der Waals surface area (Å²) in [5, 5.41) is 2.62. The van der Waals surface area contributed by atoms with E-state index in [0.29, 0.717) is 6.42 Å². The van der Waals surface area contributed by atoms with Crippen molar-refractivity contribution in [2.45, 2.75) is 32.1 Å². The van der Waals surface area contributed by atoms with Crippen molar-refractivity contribution in [2.75, 3.05) is 20.2 Å². The highest BCUT2D eigenvalue weighted by Gasteiger charge is 2.00. The first-order valence-electron chi connectivity index (χ1n) is 6.88. The molecule has 0 aliphatic carbocycles. The van der Waals surface area contributed by atoms with E-state index in [4.69, 9.17) is 10.5 Å². The third-order valence-electron chi connectivity index (χ3n) is 2.96. The third-order valence-corrected chi connectivity index (χ3v) is 2.96. The van der Waals surface area contributed by atoms with Gasteiger partial charge in [-0.3, -0.25) is 4.79 Å². The Labute approximate surface area is 115 Å². The molecule has 0 saturated heterocycles. The lowest BCUT2D eigenvalue weighted by atomic mass is 10.1. The number of hydrogen-bond acceptors (Lipinski definition) is 3. The number of carbonyl (C=O) groups is 1. The summed E-state index contributed by atoms with van der Waals surface area (Å²) in [6.45, 7) is 1.48. The second kappa shape index (κ2) is 9.39. The number of amides is 1. The molecule has 0 saturated carbocycles. The van der Waals surface area contributed by atoms with Crippen LogP contribution in [0, 0.1) is 0 Å². The minimum atomic E-state index is 0.0697. The molecule has 4 nitrogen and oxygen atoms in total. The molecule has 0 unspecified atom stereocenters. The van der Waals surface area contributed by atoms with Crippen LogP contribution >= 0.6 is 0 Å². The van der Waals surface area contributed by atoms with E-state index in [1.165, 1.54) is 0 Å². The maximum atomic E-state index is 11.1. The summed E-state index contributed by atoms with van der Waals surface area (Å²) in [6, 6.07) is 7.94. The average Bonchev–Trinajstić information content (AvgIpc) is 2.45. The molecule has 0 spiro atoms. The molecular formula is C15H24N2O2. The Hall–Kier alpha value is -1.55. The Balaban J connectivity index is 2.25. The van der Waals surface area contributed by atoms with E-state index in [2.05, 4.69) is 5.32 Å². The summed E-state index contributed by atoms with van der Waals surface area (Å²) in [6.07, 6.45) is 4.49. The monoisotopic (exact) mass is 264 g/mol. The van der Waals surface area contributed by atoms with E-state index in [-0.39, 0.29) is 5.91 Å². The van der Waals surface area contributed by atoms with Crippen LogP contribution in [0.5, 0.6) is 5.75 Å². The van der Waals surface area contributed by atoms with E-state index in [0.717, 1.165) is 50.1 Å². The lowest BCUT2D eigenvalue weighted by Crippen LogP contribution is -2.17. The molecule has 0 atom stereocenters. The van der Waals surface area contributed by atoms with Crippen LogP contribution in [0.1, 0.15) is 31.2 Å². The van der Waals surface area contributed by atoms with Gasteiger partial charge in [0.05, 0.1) is 6.61 Å². The van der Waals surface area contributed by atoms with E-state index >= 15 is 0 Å². The van der Waals surface area contributed by atoms with Gasteiger partial charge in [-0.05, 0) is 49.9 Å². The van der Waals surface area contributed by atoms with Crippen molar-refractivity contribution in [1.82, 2.24) is 5.32 Å². The largest absolute Gasteiger partial charge is 0.494 e. The molecule has 0 aromatic heterocycles. The molecule has 0 bridgehead atoms. The first kappa shape index (κ1) is 15.5. The Bertz CT molecular complexity index is 363. The minimum Gasteiger partial charge on any atom is -0.494 e. The van der Waals surface area contributed by atoms with Gasteiger partial charge in [-0.2, -0.15) is 0 Å². The van der Waals surface area contributed by atoms with Gasteiger partial charge in [0.1, 0.15) is 5.75 Å². The van der Waals surface area contributed by atoms with Crippen LogP contribution < -0.4 is 15.8 Å². The van der Waals surface area contributed by atoms with Crippen LogP contribution in [0.3, 0.4) is 0 Å². The molecule has 1 aromatic carbocycles. The summed E-state index contributed by atoms with van der Waals surface area (Å²) in [5.41, 5.74) is 6.58. The summed E-state index contributed by atoms with van der Waals surface area (Å²) >= 11 is 0. The Morgan fingerprint density at radius 1 is 1.21 bits per heavy atom. The van der Waals surface area contributed by atoms with Gasteiger partial charge in [-0.25, -0.2) is 0 Å². The summed E-state index contributed by atoms with van der Waals surface area (Å²) < 4.78 is 5.63. The van der Waals surface area contributed by atoms with Gasteiger partial charge in [0, 0.05) is 13.5 Å². The molecule has 4 heteroatoms. The van der Waals surface area contributed by atoms with Gasteiger partial charge in [-0.15, -0.1) is 0 Å². The zero-order valence-electron chi connectivity index (χ0n) is 11.7. The molecule has 0 aliphatic heterocycles. The molecular weight excluding hydrogens is 240 g/mol. The van der Waals surface area contributed by atoms with Gasteiger partial charge in [0.2, 0.25) is 5.91 Å². The van der Waals surface area contributed by atoms with Crippen molar-refractivity contribution in [3.63, 3.8) is 0 Å². The minimum absolute atomic E-state index is 0.0697. The molecule has 1 aromatic rings.